The molecule has 0 atom stereocenters. The molecule has 0 saturated heterocycles. The van der Waals surface area contributed by atoms with Crippen molar-refractivity contribution < 1.29 is 14.2 Å². The third-order valence-corrected chi connectivity index (χ3v) is 1.60. The maximum atomic E-state index is 4.94. The number of rotatable bonds is 2. The Labute approximate surface area is 115 Å². The molecule has 0 aliphatic heterocycles. The zero-order chi connectivity index (χ0) is 15.6. The van der Waals surface area contributed by atoms with Gasteiger partial charge in [0.25, 0.3) is 0 Å². The second-order valence-corrected chi connectivity index (χ2v) is 7.12. The summed E-state index contributed by atoms with van der Waals surface area (Å²) in [5, 5.41) is 0. The van der Waals surface area contributed by atoms with Gasteiger partial charge in [0.2, 0.25) is 0 Å². The standard InChI is InChI=1S/C5H12O2.C5H12O.C5H12/c1-5(2,6-3)7-4;1-5(2,3)6-4;1-5(2,3)4/h1-4H3;1-4H3;1-4H3. The van der Waals surface area contributed by atoms with E-state index in [2.05, 4.69) is 27.7 Å². The number of methoxy groups -OCH3 is 3. The average Bonchev–Trinajstić information content (AvgIpc) is 2.15. The first-order valence-corrected chi connectivity index (χ1v) is 6.34. The van der Waals surface area contributed by atoms with Crippen molar-refractivity contribution in [1.82, 2.24) is 0 Å². The minimum atomic E-state index is -0.417. The summed E-state index contributed by atoms with van der Waals surface area (Å²) >= 11 is 0. The maximum absolute atomic E-state index is 4.94. The zero-order valence-corrected chi connectivity index (χ0v) is 14.7. The molecule has 0 heterocycles. The van der Waals surface area contributed by atoms with Gasteiger partial charge in [-0.2, -0.15) is 0 Å². The number of hydrogen-bond donors (Lipinski definition) is 0. The first-order valence-electron chi connectivity index (χ1n) is 6.34. The molecule has 0 aliphatic carbocycles. The molecule has 0 unspecified atom stereocenters. The Bertz CT molecular complexity index is 161. The van der Waals surface area contributed by atoms with E-state index in [0.717, 1.165) is 0 Å². The SMILES string of the molecule is CC(C)(C)C.COC(C)(C)C.COC(C)(C)OC. The van der Waals surface area contributed by atoms with Crippen LogP contribution in [0.25, 0.3) is 0 Å². The Morgan fingerprint density at radius 1 is 0.500 bits per heavy atom. The lowest BCUT2D eigenvalue weighted by Gasteiger charge is -2.19. The van der Waals surface area contributed by atoms with Crippen LogP contribution in [0, 0.1) is 5.41 Å². The molecular weight excluding hydrogens is 228 g/mol. The topological polar surface area (TPSA) is 27.7 Å². The molecule has 0 aromatic heterocycles. The van der Waals surface area contributed by atoms with Crippen LogP contribution in [0.4, 0.5) is 0 Å². The van der Waals surface area contributed by atoms with Gasteiger partial charge in [0, 0.05) is 21.3 Å². The van der Waals surface area contributed by atoms with E-state index in [4.69, 9.17) is 14.2 Å². The molecule has 0 spiro atoms. The molecule has 0 amide bonds. The van der Waals surface area contributed by atoms with E-state index in [1.54, 1.807) is 21.3 Å². The van der Waals surface area contributed by atoms with Gasteiger partial charge in [-0.05, 0) is 40.0 Å². The largest absolute Gasteiger partial charge is 0.379 e. The fourth-order valence-corrected chi connectivity index (χ4v) is 0.0833. The van der Waals surface area contributed by atoms with Gasteiger partial charge in [0.15, 0.2) is 5.79 Å². The van der Waals surface area contributed by atoms with Crippen LogP contribution in [0.15, 0.2) is 0 Å². The molecule has 0 aromatic rings. The molecule has 0 saturated carbocycles. The quantitative estimate of drug-likeness (QED) is 0.687. The van der Waals surface area contributed by atoms with Crippen LogP contribution >= 0.6 is 0 Å². The lowest BCUT2D eigenvalue weighted by Crippen LogP contribution is -2.24. The van der Waals surface area contributed by atoms with Crippen LogP contribution in [-0.2, 0) is 14.2 Å². The zero-order valence-electron chi connectivity index (χ0n) is 14.7. The molecule has 114 valence electrons. The van der Waals surface area contributed by atoms with E-state index in [1.165, 1.54) is 0 Å². The van der Waals surface area contributed by atoms with Crippen LogP contribution in [0.1, 0.15) is 62.3 Å². The molecule has 3 nitrogen and oxygen atoms in total. The summed E-state index contributed by atoms with van der Waals surface area (Å²) < 4.78 is 14.7. The van der Waals surface area contributed by atoms with Crippen molar-refractivity contribution in [3.63, 3.8) is 0 Å². The van der Waals surface area contributed by atoms with Crippen molar-refractivity contribution in [2.24, 2.45) is 5.41 Å². The first-order chi connectivity index (χ1) is 7.68. The van der Waals surface area contributed by atoms with Crippen molar-refractivity contribution in [2.75, 3.05) is 21.3 Å². The summed E-state index contributed by atoms with van der Waals surface area (Å²) in [7, 11) is 4.94. The number of hydrogen-bond acceptors (Lipinski definition) is 3. The van der Waals surface area contributed by atoms with Gasteiger partial charge in [-0.1, -0.05) is 27.7 Å². The molecule has 0 aromatic carbocycles. The molecule has 18 heavy (non-hydrogen) atoms. The van der Waals surface area contributed by atoms with Crippen molar-refractivity contribution in [3.8, 4) is 0 Å². The van der Waals surface area contributed by atoms with E-state index in [0.29, 0.717) is 5.41 Å². The van der Waals surface area contributed by atoms with E-state index in [9.17, 15) is 0 Å². The Kier molecular flexibility index (Phi) is 12.5. The molecule has 3 heteroatoms. The predicted octanol–water partition coefficient (Wildman–Crippen LogP) is 4.50. The van der Waals surface area contributed by atoms with Gasteiger partial charge in [-0.15, -0.1) is 0 Å². The van der Waals surface area contributed by atoms with E-state index < -0.39 is 5.79 Å². The second kappa shape index (κ2) is 9.76. The summed E-state index contributed by atoms with van der Waals surface area (Å²) in [6, 6.07) is 0. The monoisotopic (exact) mass is 264 g/mol. The summed E-state index contributed by atoms with van der Waals surface area (Å²) in [4.78, 5) is 0. The minimum Gasteiger partial charge on any atom is -0.379 e. The van der Waals surface area contributed by atoms with E-state index in [1.807, 2.05) is 34.6 Å². The average molecular weight is 264 g/mol. The van der Waals surface area contributed by atoms with Crippen LogP contribution < -0.4 is 0 Å². The fourth-order valence-electron chi connectivity index (χ4n) is 0.0833. The second-order valence-electron chi connectivity index (χ2n) is 7.12. The lowest BCUT2D eigenvalue weighted by molar-refractivity contribution is -0.178. The van der Waals surface area contributed by atoms with Gasteiger partial charge >= 0.3 is 0 Å². The Morgan fingerprint density at radius 3 is 0.667 bits per heavy atom. The van der Waals surface area contributed by atoms with Gasteiger partial charge in [0.1, 0.15) is 0 Å². The third-order valence-electron chi connectivity index (χ3n) is 1.60. The molecule has 0 fully saturated rings. The summed E-state index contributed by atoms with van der Waals surface area (Å²) in [5.41, 5.74) is 0.542. The Balaban J connectivity index is -0.000000190. The van der Waals surface area contributed by atoms with Gasteiger partial charge in [-0.3, -0.25) is 0 Å². The molecular formula is C15H36O3. The van der Waals surface area contributed by atoms with Gasteiger partial charge in [-0.25, -0.2) is 0 Å². The van der Waals surface area contributed by atoms with Crippen molar-refractivity contribution >= 4 is 0 Å². The highest BCUT2D eigenvalue weighted by Crippen LogP contribution is 2.08. The Morgan fingerprint density at radius 2 is 0.667 bits per heavy atom. The third kappa shape index (κ3) is 44.6. The molecule has 0 bridgehead atoms. The molecule has 0 N–H and O–H groups in total. The van der Waals surface area contributed by atoms with Crippen LogP contribution in [0.5, 0.6) is 0 Å². The normalized spacial score (nSPS) is 12.0. The minimum absolute atomic E-state index is 0.0417. The van der Waals surface area contributed by atoms with Gasteiger partial charge in [0.05, 0.1) is 5.60 Å². The first kappa shape index (κ1) is 23.0. The lowest BCUT2D eigenvalue weighted by atomic mass is 10.0. The maximum Gasteiger partial charge on any atom is 0.161 e. The molecule has 0 aliphatic rings. The summed E-state index contributed by atoms with van der Waals surface area (Å²) in [6.07, 6.45) is 0. The highest BCUT2D eigenvalue weighted by molar-refractivity contribution is 4.55. The molecule has 0 rings (SSSR count). The van der Waals surface area contributed by atoms with Crippen molar-refractivity contribution in [3.05, 3.63) is 0 Å². The Hall–Kier alpha value is -0.120. The van der Waals surface area contributed by atoms with Crippen LogP contribution in [-0.4, -0.2) is 32.7 Å². The summed E-state index contributed by atoms with van der Waals surface area (Å²) in [6.45, 7) is 18.5. The highest BCUT2D eigenvalue weighted by atomic mass is 16.7. The number of ether oxygens (including phenoxy) is 3. The van der Waals surface area contributed by atoms with E-state index >= 15 is 0 Å². The van der Waals surface area contributed by atoms with Crippen LogP contribution in [0.2, 0.25) is 0 Å². The molecule has 0 radical (unpaired) electrons. The highest BCUT2D eigenvalue weighted by Gasteiger charge is 2.12. The van der Waals surface area contributed by atoms with Crippen molar-refractivity contribution in [1.29, 1.82) is 0 Å². The van der Waals surface area contributed by atoms with Crippen molar-refractivity contribution in [2.45, 2.75) is 73.7 Å². The van der Waals surface area contributed by atoms with E-state index in [-0.39, 0.29) is 5.60 Å². The summed E-state index contributed by atoms with van der Waals surface area (Å²) in [5.74, 6) is -0.417. The fraction of sp³-hybridized carbons (Fsp3) is 1.00. The van der Waals surface area contributed by atoms with Crippen LogP contribution in [0.3, 0.4) is 0 Å². The van der Waals surface area contributed by atoms with Gasteiger partial charge < -0.3 is 14.2 Å². The smallest absolute Gasteiger partial charge is 0.161 e. The predicted molar refractivity (Wildman–Crippen MR) is 80.0 cm³/mol.